The third-order valence-corrected chi connectivity index (χ3v) is 4.47. The summed E-state index contributed by atoms with van der Waals surface area (Å²) in [4.78, 5) is 5.90. The largest absolute Gasteiger partial charge is 0.326 e. The second-order valence-electron chi connectivity index (χ2n) is 3.92. The van der Waals surface area contributed by atoms with Gasteiger partial charge in [-0.15, -0.1) is 22.7 Å². The summed E-state index contributed by atoms with van der Waals surface area (Å²) in [5, 5.41) is 5.23. The lowest BCUT2D eigenvalue weighted by atomic mass is 10.1. The van der Waals surface area contributed by atoms with Crippen LogP contribution in [0.5, 0.6) is 0 Å². The fraction of sp³-hybridized carbons (Fsp3) is 0.0714. The zero-order valence-electron chi connectivity index (χ0n) is 9.67. The first-order chi connectivity index (χ1) is 8.86. The topological polar surface area (TPSA) is 38.9 Å². The summed E-state index contributed by atoms with van der Waals surface area (Å²) in [6, 6.07) is 12.4. The number of nitrogens with two attached hydrogens (primary N) is 1. The molecule has 0 unspecified atom stereocenters. The van der Waals surface area contributed by atoms with Crippen molar-refractivity contribution in [3.8, 4) is 21.1 Å². The number of aromatic nitrogens is 1. The summed E-state index contributed by atoms with van der Waals surface area (Å²) >= 11 is 3.39. The molecule has 0 bridgehead atoms. The zero-order valence-corrected chi connectivity index (χ0v) is 11.3. The molecular weight excluding hydrogens is 260 g/mol. The van der Waals surface area contributed by atoms with Gasteiger partial charge < -0.3 is 5.73 Å². The highest BCUT2D eigenvalue weighted by Gasteiger charge is 2.07. The molecule has 2 N–H and O–H groups in total. The van der Waals surface area contributed by atoms with Crippen molar-refractivity contribution in [3.63, 3.8) is 0 Å². The van der Waals surface area contributed by atoms with Crippen molar-refractivity contribution >= 4 is 22.7 Å². The molecule has 0 aliphatic heterocycles. The Labute approximate surface area is 114 Å². The standard InChI is InChI=1S/C14H12N2S2/c15-8-10-3-1-4-11(7-10)14-16-12(9-18-14)13-5-2-6-17-13/h1-7,9H,8,15H2. The Kier molecular flexibility index (Phi) is 3.23. The van der Waals surface area contributed by atoms with Gasteiger partial charge in [-0.1, -0.05) is 24.3 Å². The Morgan fingerprint density at radius 1 is 1.11 bits per heavy atom. The van der Waals surface area contributed by atoms with Gasteiger partial charge in [-0.25, -0.2) is 4.98 Å². The van der Waals surface area contributed by atoms with E-state index in [-0.39, 0.29) is 0 Å². The van der Waals surface area contributed by atoms with Crippen LogP contribution in [0.2, 0.25) is 0 Å². The van der Waals surface area contributed by atoms with Gasteiger partial charge in [0.25, 0.3) is 0 Å². The van der Waals surface area contributed by atoms with Crippen LogP contribution >= 0.6 is 22.7 Å². The molecule has 0 amide bonds. The van der Waals surface area contributed by atoms with E-state index in [0.29, 0.717) is 6.54 Å². The van der Waals surface area contributed by atoms with Gasteiger partial charge in [0, 0.05) is 17.5 Å². The van der Waals surface area contributed by atoms with Crippen molar-refractivity contribution in [2.24, 2.45) is 5.73 Å². The molecule has 2 nitrogen and oxygen atoms in total. The first kappa shape index (κ1) is 11.6. The number of thiophene rings is 1. The minimum atomic E-state index is 0.566. The van der Waals surface area contributed by atoms with Crippen LogP contribution in [0.1, 0.15) is 5.56 Å². The van der Waals surface area contributed by atoms with Crippen molar-refractivity contribution < 1.29 is 0 Å². The number of nitrogens with zero attached hydrogens (tertiary/aromatic N) is 1. The molecule has 90 valence electrons. The van der Waals surface area contributed by atoms with Crippen LogP contribution in [0.3, 0.4) is 0 Å². The summed E-state index contributed by atoms with van der Waals surface area (Å²) in [6.45, 7) is 0.566. The predicted octanol–water partition coefficient (Wildman–Crippen LogP) is 4.00. The van der Waals surface area contributed by atoms with Gasteiger partial charge in [-0.3, -0.25) is 0 Å². The van der Waals surface area contributed by atoms with Crippen LogP contribution in [0.15, 0.2) is 47.2 Å². The van der Waals surface area contributed by atoms with Gasteiger partial charge >= 0.3 is 0 Å². The Morgan fingerprint density at radius 2 is 2.06 bits per heavy atom. The lowest BCUT2D eigenvalue weighted by molar-refractivity contribution is 1.07. The van der Waals surface area contributed by atoms with Crippen molar-refractivity contribution in [2.75, 3.05) is 0 Å². The number of hydrogen-bond donors (Lipinski definition) is 1. The molecule has 1 aromatic carbocycles. The molecule has 3 aromatic rings. The molecule has 4 heteroatoms. The van der Waals surface area contributed by atoms with Gasteiger partial charge in [-0.05, 0) is 23.1 Å². The fourth-order valence-corrected chi connectivity index (χ4v) is 3.35. The van der Waals surface area contributed by atoms with E-state index >= 15 is 0 Å². The molecule has 0 aliphatic carbocycles. The molecule has 0 saturated heterocycles. The highest BCUT2D eigenvalue weighted by Crippen LogP contribution is 2.31. The molecule has 0 fully saturated rings. The maximum absolute atomic E-state index is 5.66. The van der Waals surface area contributed by atoms with E-state index in [1.807, 2.05) is 18.2 Å². The third-order valence-electron chi connectivity index (χ3n) is 2.69. The van der Waals surface area contributed by atoms with Crippen molar-refractivity contribution in [1.29, 1.82) is 0 Å². The second-order valence-corrected chi connectivity index (χ2v) is 5.73. The van der Waals surface area contributed by atoms with Gasteiger partial charge in [-0.2, -0.15) is 0 Å². The van der Waals surface area contributed by atoms with E-state index < -0.39 is 0 Å². The summed E-state index contributed by atoms with van der Waals surface area (Å²) in [5.41, 5.74) is 9.01. The highest BCUT2D eigenvalue weighted by atomic mass is 32.1. The van der Waals surface area contributed by atoms with Crippen molar-refractivity contribution in [1.82, 2.24) is 4.98 Å². The van der Waals surface area contributed by atoms with Crippen LogP contribution in [0, 0.1) is 0 Å². The third kappa shape index (κ3) is 2.22. The van der Waals surface area contributed by atoms with E-state index in [2.05, 4.69) is 33.9 Å². The maximum Gasteiger partial charge on any atom is 0.124 e. The highest BCUT2D eigenvalue weighted by molar-refractivity contribution is 7.15. The molecule has 0 atom stereocenters. The molecule has 0 spiro atoms. The maximum atomic E-state index is 5.66. The minimum Gasteiger partial charge on any atom is -0.326 e. The van der Waals surface area contributed by atoms with Crippen LogP contribution in [-0.2, 0) is 6.54 Å². The predicted molar refractivity (Wildman–Crippen MR) is 78.8 cm³/mol. The van der Waals surface area contributed by atoms with Crippen LogP contribution in [0.4, 0.5) is 0 Å². The monoisotopic (exact) mass is 272 g/mol. The Hall–Kier alpha value is -1.49. The molecule has 18 heavy (non-hydrogen) atoms. The first-order valence-electron chi connectivity index (χ1n) is 5.65. The summed E-state index contributed by atoms with van der Waals surface area (Å²) < 4.78 is 0. The molecule has 2 aromatic heterocycles. The van der Waals surface area contributed by atoms with Crippen LogP contribution in [0.25, 0.3) is 21.1 Å². The molecule has 3 rings (SSSR count). The average Bonchev–Trinajstić information content (AvgIpc) is 3.09. The smallest absolute Gasteiger partial charge is 0.124 e. The van der Waals surface area contributed by atoms with Crippen LogP contribution < -0.4 is 5.73 Å². The lowest BCUT2D eigenvalue weighted by Gasteiger charge is -1.99. The normalized spacial score (nSPS) is 10.7. The molecule has 0 saturated carbocycles. The Balaban J connectivity index is 1.97. The van der Waals surface area contributed by atoms with Gasteiger partial charge in [0.05, 0.1) is 10.6 Å². The van der Waals surface area contributed by atoms with E-state index in [1.54, 1.807) is 22.7 Å². The molecule has 0 radical (unpaired) electrons. The molecule has 0 aliphatic rings. The van der Waals surface area contributed by atoms with Gasteiger partial charge in [0.15, 0.2) is 0 Å². The Bertz CT molecular complexity index is 641. The number of thiazole rings is 1. The SMILES string of the molecule is NCc1cccc(-c2nc(-c3cccs3)cs2)c1. The summed E-state index contributed by atoms with van der Waals surface area (Å²) in [7, 11) is 0. The molecular formula is C14H12N2S2. The van der Waals surface area contributed by atoms with E-state index in [9.17, 15) is 0 Å². The summed E-state index contributed by atoms with van der Waals surface area (Å²) in [6.07, 6.45) is 0. The first-order valence-corrected chi connectivity index (χ1v) is 7.41. The second kappa shape index (κ2) is 5.02. The Morgan fingerprint density at radius 3 is 2.83 bits per heavy atom. The summed E-state index contributed by atoms with van der Waals surface area (Å²) in [5.74, 6) is 0. The number of benzene rings is 1. The number of hydrogen-bond acceptors (Lipinski definition) is 4. The van der Waals surface area contributed by atoms with Crippen molar-refractivity contribution in [2.45, 2.75) is 6.54 Å². The number of rotatable bonds is 3. The van der Waals surface area contributed by atoms with Crippen LogP contribution in [-0.4, -0.2) is 4.98 Å². The van der Waals surface area contributed by atoms with Gasteiger partial charge in [0.1, 0.15) is 5.01 Å². The average molecular weight is 272 g/mol. The quantitative estimate of drug-likeness (QED) is 0.782. The van der Waals surface area contributed by atoms with Gasteiger partial charge in [0.2, 0.25) is 0 Å². The van der Waals surface area contributed by atoms with E-state index in [4.69, 9.17) is 5.73 Å². The minimum absolute atomic E-state index is 0.566. The zero-order chi connectivity index (χ0) is 12.4. The lowest BCUT2D eigenvalue weighted by Crippen LogP contribution is -1.95. The fourth-order valence-electron chi connectivity index (χ4n) is 1.78. The molecule has 2 heterocycles. The van der Waals surface area contributed by atoms with E-state index in [1.165, 1.54) is 4.88 Å². The van der Waals surface area contributed by atoms with E-state index in [0.717, 1.165) is 21.8 Å². The van der Waals surface area contributed by atoms with Crippen molar-refractivity contribution in [3.05, 3.63) is 52.7 Å².